The quantitative estimate of drug-likeness (QED) is 0.235. The van der Waals surface area contributed by atoms with E-state index in [1.54, 1.807) is 7.11 Å². The zero-order valence-corrected chi connectivity index (χ0v) is 21.3. The number of hydrogen-bond acceptors (Lipinski definition) is 2. The van der Waals surface area contributed by atoms with Crippen molar-refractivity contribution in [1.29, 1.82) is 0 Å². The highest BCUT2D eigenvalue weighted by Gasteiger charge is 2.18. The summed E-state index contributed by atoms with van der Waals surface area (Å²) in [5, 5.41) is 5.47. The Kier molecular flexibility index (Phi) is 8.30. The number of rotatable bonds is 9. The summed E-state index contributed by atoms with van der Waals surface area (Å²) in [7, 11) is 1.68. The molecule has 33 heavy (non-hydrogen) atoms. The highest BCUT2D eigenvalue weighted by atomic mass is 31.1. The summed E-state index contributed by atoms with van der Waals surface area (Å²) in [5.74, 6) is 0.906. The third kappa shape index (κ3) is 6.10. The van der Waals surface area contributed by atoms with E-state index in [1.165, 1.54) is 37.9 Å². The monoisotopic (exact) mass is 472 g/mol. The van der Waals surface area contributed by atoms with Crippen LogP contribution in [-0.2, 0) is 10.9 Å². The van der Waals surface area contributed by atoms with E-state index in [0.29, 0.717) is 8.58 Å². The van der Waals surface area contributed by atoms with E-state index in [4.69, 9.17) is 9.47 Å². The maximum Gasteiger partial charge on any atom is 0.188 e. The zero-order chi connectivity index (χ0) is 23.0. The van der Waals surface area contributed by atoms with Crippen molar-refractivity contribution in [2.45, 2.75) is 20.0 Å². The second-order valence-corrected chi connectivity index (χ2v) is 11.5. The van der Waals surface area contributed by atoms with Crippen molar-refractivity contribution in [3.8, 4) is 5.75 Å². The minimum atomic E-state index is -0.500. The molecule has 0 bridgehead atoms. The SMILES string of the molecule is COCOc1ccc(C)cc1Pc1c(C)cccc1CP(c1ccccc1)c1ccccc1. The highest BCUT2D eigenvalue weighted by molar-refractivity contribution is 7.72. The lowest BCUT2D eigenvalue weighted by Gasteiger charge is -2.22. The van der Waals surface area contributed by atoms with Gasteiger partial charge in [-0.1, -0.05) is 99.1 Å². The molecule has 1 atom stereocenters. The van der Waals surface area contributed by atoms with Gasteiger partial charge in [-0.25, -0.2) is 0 Å². The Labute approximate surface area is 200 Å². The minimum absolute atomic E-state index is 0.258. The van der Waals surface area contributed by atoms with Gasteiger partial charge in [0.15, 0.2) is 6.79 Å². The molecule has 1 unspecified atom stereocenters. The second-order valence-electron chi connectivity index (χ2n) is 8.04. The van der Waals surface area contributed by atoms with Gasteiger partial charge in [0.2, 0.25) is 0 Å². The van der Waals surface area contributed by atoms with Gasteiger partial charge in [-0.05, 0) is 60.9 Å². The Hall–Kier alpha value is -2.50. The van der Waals surface area contributed by atoms with E-state index >= 15 is 0 Å². The van der Waals surface area contributed by atoms with Gasteiger partial charge in [0.05, 0.1) is 0 Å². The lowest BCUT2D eigenvalue weighted by molar-refractivity contribution is 0.0519. The molecular formula is C29H30O2P2. The van der Waals surface area contributed by atoms with Crippen LogP contribution in [0.1, 0.15) is 16.7 Å². The van der Waals surface area contributed by atoms with Crippen LogP contribution in [0.25, 0.3) is 0 Å². The molecule has 0 saturated heterocycles. The summed E-state index contributed by atoms with van der Waals surface area (Å²) in [6, 6.07) is 35.0. The Bertz CT molecular complexity index is 1140. The Morgan fingerprint density at radius 2 is 1.42 bits per heavy atom. The Balaban J connectivity index is 1.72. The summed E-state index contributed by atoms with van der Waals surface area (Å²) < 4.78 is 11.1. The largest absolute Gasteiger partial charge is 0.467 e. The molecule has 168 valence electrons. The first-order valence-corrected chi connectivity index (χ1v) is 13.6. The van der Waals surface area contributed by atoms with E-state index in [-0.39, 0.29) is 6.79 Å². The maximum absolute atomic E-state index is 5.90. The van der Waals surface area contributed by atoms with Crippen LogP contribution >= 0.6 is 16.5 Å². The third-order valence-corrected chi connectivity index (χ3v) is 9.68. The van der Waals surface area contributed by atoms with Gasteiger partial charge >= 0.3 is 0 Å². The predicted octanol–water partition coefficient (Wildman–Crippen LogP) is 5.55. The van der Waals surface area contributed by atoms with Crippen LogP contribution in [0.2, 0.25) is 0 Å². The summed E-state index contributed by atoms with van der Waals surface area (Å²) in [6.07, 6.45) is 1.02. The molecule has 0 spiro atoms. The van der Waals surface area contributed by atoms with Crippen LogP contribution < -0.4 is 26.0 Å². The average Bonchev–Trinajstić information content (AvgIpc) is 2.85. The normalized spacial score (nSPS) is 11.4. The van der Waals surface area contributed by atoms with Crippen molar-refractivity contribution in [1.82, 2.24) is 0 Å². The molecule has 0 heterocycles. The van der Waals surface area contributed by atoms with Crippen LogP contribution in [0.3, 0.4) is 0 Å². The van der Waals surface area contributed by atoms with Gasteiger partial charge < -0.3 is 9.47 Å². The molecule has 0 aliphatic rings. The minimum Gasteiger partial charge on any atom is -0.467 e. The lowest BCUT2D eigenvalue weighted by Crippen LogP contribution is -2.18. The van der Waals surface area contributed by atoms with Crippen molar-refractivity contribution in [3.63, 3.8) is 0 Å². The van der Waals surface area contributed by atoms with Crippen molar-refractivity contribution in [3.05, 3.63) is 114 Å². The fourth-order valence-electron chi connectivity index (χ4n) is 3.88. The molecule has 0 fully saturated rings. The Morgan fingerprint density at radius 1 is 0.758 bits per heavy atom. The summed E-state index contributed by atoms with van der Waals surface area (Å²) in [4.78, 5) is 0. The first-order valence-electron chi connectivity index (χ1n) is 11.1. The van der Waals surface area contributed by atoms with Gasteiger partial charge in [0.1, 0.15) is 5.75 Å². The first kappa shape index (κ1) is 23.7. The highest BCUT2D eigenvalue weighted by Crippen LogP contribution is 2.38. The van der Waals surface area contributed by atoms with E-state index in [0.717, 1.165) is 11.9 Å². The van der Waals surface area contributed by atoms with Crippen LogP contribution in [-0.4, -0.2) is 13.9 Å². The molecular weight excluding hydrogens is 442 g/mol. The standard InChI is InChI=1S/C29H30O2P2/c1-22-17-18-27(31-21-30-3)28(19-22)32-29-23(2)11-10-12-24(29)20-33(25-13-6-4-7-14-25)26-15-8-5-9-16-26/h4-19,32H,20-21H2,1-3H3. The number of methoxy groups -OCH3 is 1. The average molecular weight is 473 g/mol. The molecule has 0 aliphatic carbocycles. The maximum atomic E-state index is 5.90. The van der Waals surface area contributed by atoms with Gasteiger partial charge in [-0.2, -0.15) is 0 Å². The molecule has 2 nitrogen and oxygen atoms in total. The molecule has 0 aliphatic heterocycles. The van der Waals surface area contributed by atoms with Crippen LogP contribution in [0, 0.1) is 13.8 Å². The van der Waals surface area contributed by atoms with Crippen molar-refractivity contribution < 1.29 is 9.47 Å². The van der Waals surface area contributed by atoms with Crippen molar-refractivity contribution in [2.75, 3.05) is 13.9 Å². The van der Waals surface area contributed by atoms with Crippen LogP contribution in [0.4, 0.5) is 0 Å². The van der Waals surface area contributed by atoms with E-state index < -0.39 is 7.92 Å². The first-order chi connectivity index (χ1) is 16.2. The van der Waals surface area contributed by atoms with E-state index in [9.17, 15) is 0 Å². The molecule has 0 radical (unpaired) electrons. The van der Waals surface area contributed by atoms with Crippen molar-refractivity contribution in [2.24, 2.45) is 0 Å². The van der Waals surface area contributed by atoms with Gasteiger partial charge in [0.25, 0.3) is 0 Å². The predicted molar refractivity (Wildman–Crippen MR) is 145 cm³/mol. The van der Waals surface area contributed by atoms with Crippen LogP contribution in [0.5, 0.6) is 5.75 Å². The van der Waals surface area contributed by atoms with Gasteiger partial charge in [-0.15, -0.1) is 0 Å². The molecule has 0 saturated carbocycles. The van der Waals surface area contributed by atoms with Gasteiger partial charge in [-0.3, -0.25) is 0 Å². The van der Waals surface area contributed by atoms with Crippen molar-refractivity contribution >= 4 is 37.7 Å². The zero-order valence-electron chi connectivity index (χ0n) is 19.4. The summed E-state index contributed by atoms with van der Waals surface area (Å²) in [5.41, 5.74) is 4.00. The van der Waals surface area contributed by atoms with Gasteiger partial charge in [0, 0.05) is 18.6 Å². The molecule has 0 N–H and O–H groups in total. The number of ether oxygens (including phenoxy) is 2. The van der Waals surface area contributed by atoms with E-state index in [2.05, 4.69) is 111 Å². The Morgan fingerprint density at radius 3 is 2.06 bits per heavy atom. The fraction of sp³-hybridized carbons (Fsp3) is 0.172. The molecule has 4 heteroatoms. The third-order valence-electron chi connectivity index (χ3n) is 5.55. The second kappa shape index (κ2) is 11.6. The molecule has 4 rings (SSSR count). The summed E-state index contributed by atoms with van der Waals surface area (Å²) >= 11 is 0. The number of aryl methyl sites for hydroxylation is 2. The molecule has 4 aromatic rings. The molecule has 4 aromatic carbocycles. The fourth-order valence-corrected chi connectivity index (χ4v) is 7.82. The van der Waals surface area contributed by atoms with E-state index in [1.807, 2.05) is 0 Å². The number of benzene rings is 4. The lowest BCUT2D eigenvalue weighted by atomic mass is 10.1. The smallest absolute Gasteiger partial charge is 0.188 e. The molecule has 0 aromatic heterocycles. The van der Waals surface area contributed by atoms with Crippen LogP contribution in [0.15, 0.2) is 97.1 Å². The summed E-state index contributed by atoms with van der Waals surface area (Å²) in [6.45, 7) is 4.62. The number of hydrogen-bond donors (Lipinski definition) is 0. The molecule has 0 amide bonds. The topological polar surface area (TPSA) is 18.5 Å².